The molecule has 1 aromatic heterocycles. The van der Waals surface area contributed by atoms with E-state index in [1.807, 2.05) is 31.9 Å². The molecule has 174 valence electrons. The summed E-state index contributed by atoms with van der Waals surface area (Å²) in [5.41, 5.74) is -0.460. The minimum atomic E-state index is -0.460. The monoisotopic (exact) mass is 449 g/mol. The molecule has 31 heavy (non-hydrogen) atoms. The van der Waals surface area contributed by atoms with Gasteiger partial charge in [-0.25, -0.2) is 14.8 Å². The fourth-order valence-electron chi connectivity index (χ4n) is 3.81. The maximum absolute atomic E-state index is 12.9. The third-order valence-electron chi connectivity index (χ3n) is 5.63. The van der Waals surface area contributed by atoms with Gasteiger partial charge in [-0.15, -0.1) is 11.3 Å². The van der Waals surface area contributed by atoms with Crippen LogP contribution in [0.25, 0.3) is 0 Å². The number of piperidine rings is 1. The summed E-state index contributed by atoms with van der Waals surface area (Å²) in [4.78, 5) is 27.8. The SMILES string of the molecule is CCNC(=NCc1ncc(CC)s1)N1CCC(N(CC2CC2)C(=O)OC(C)(C)C)CC1. The fourth-order valence-corrected chi connectivity index (χ4v) is 4.60. The lowest BCUT2D eigenvalue weighted by molar-refractivity contribution is 0.00928. The lowest BCUT2D eigenvalue weighted by Gasteiger charge is -2.40. The van der Waals surface area contributed by atoms with Crippen LogP contribution >= 0.6 is 11.3 Å². The van der Waals surface area contributed by atoms with Crippen LogP contribution in [0.5, 0.6) is 0 Å². The first-order chi connectivity index (χ1) is 14.8. The third-order valence-corrected chi connectivity index (χ3v) is 6.76. The van der Waals surface area contributed by atoms with E-state index in [-0.39, 0.29) is 12.1 Å². The fraction of sp³-hybridized carbons (Fsp3) is 0.783. The minimum Gasteiger partial charge on any atom is -0.444 e. The van der Waals surface area contributed by atoms with E-state index < -0.39 is 5.60 Å². The molecule has 1 saturated heterocycles. The highest BCUT2D eigenvalue weighted by Gasteiger charge is 2.35. The average Bonchev–Trinajstić information content (AvgIpc) is 3.43. The number of ether oxygens (including phenoxy) is 1. The molecule has 1 N–H and O–H groups in total. The Morgan fingerprint density at radius 2 is 2.00 bits per heavy atom. The number of carbonyl (C=O) groups excluding carboxylic acids is 1. The molecule has 1 saturated carbocycles. The number of likely N-dealkylation sites (tertiary alicyclic amines) is 1. The Morgan fingerprint density at radius 1 is 1.29 bits per heavy atom. The number of rotatable bonds is 7. The molecule has 8 heteroatoms. The van der Waals surface area contributed by atoms with Crippen molar-refractivity contribution in [3.8, 4) is 0 Å². The lowest BCUT2D eigenvalue weighted by Crippen LogP contribution is -2.52. The van der Waals surface area contributed by atoms with E-state index in [1.54, 1.807) is 11.3 Å². The van der Waals surface area contributed by atoms with Gasteiger partial charge in [0.2, 0.25) is 0 Å². The number of guanidine groups is 1. The van der Waals surface area contributed by atoms with Crippen molar-refractivity contribution in [1.29, 1.82) is 0 Å². The Balaban J connectivity index is 1.60. The van der Waals surface area contributed by atoms with E-state index in [0.29, 0.717) is 12.5 Å². The van der Waals surface area contributed by atoms with Crippen molar-refractivity contribution in [2.45, 2.75) is 84.9 Å². The van der Waals surface area contributed by atoms with Crippen molar-refractivity contribution >= 4 is 23.4 Å². The number of hydrogen-bond donors (Lipinski definition) is 1. The molecule has 1 amide bonds. The summed E-state index contributed by atoms with van der Waals surface area (Å²) in [5, 5.41) is 4.49. The van der Waals surface area contributed by atoms with E-state index in [0.717, 1.165) is 56.4 Å². The Kier molecular flexibility index (Phi) is 8.19. The van der Waals surface area contributed by atoms with Crippen molar-refractivity contribution in [3.05, 3.63) is 16.1 Å². The highest BCUT2D eigenvalue weighted by molar-refractivity contribution is 7.11. The van der Waals surface area contributed by atoms with Crippen LogP contribution in [0.3, 0.4) is 0 Å². The van der Waals surface area contributed by atoms with Crippen LogP contribution in [0.4, 0.5) is 4.79 Å². The van der Waals surface area contributed by atoms with Crippen LogP contribution in [-0.4, -0.2) is 64.7 Å². The molecule has 0 bridgehead atoms. The van der Waals surface area contributed by atoms with Gasteiger partial charge in [-0.3, -0.25) is 0 Å². The van der Waals surface area contributed by atoms with Gasteiger partial charge in [0, 0.05) is 43.3 Å². The predicted molar refractivity (Wildman–Crippen MR) is 127 cm³/mol. The highest BCUT2D eigenvalue weighted by Crippen LogP contribution is 2.32. The molecule has 2 fully saturated rings. The van der Waals surface area contributed by atoms with Crippen molar-refractivity contribution in [3.63, 3.8) is 0 Å². The van der Waals surface area contributed by atoms with Crippen LogP contribution in [-0.2, 0) is 17.7 Å². The van der Waals surface area contributed by atoms with Gasteiger partial charge in [-0.2, -0.15) is 0 Å². The first-order valence-electron chi connectivity index (χ1n) is 11.8. The summed E-state index contributed by atoms with van der Waals surface area (Å²) >= 11 is 1.74. The third kappa shape index (κ3) is 7.37. The Morgan fingerprint density at radius 3 is 2.55 bits per heavy atom. The normalized spacial score (nSPS) is 18.2. The molecule has 2 aliphatic rings. The first kappa shape index (κ1) is 23.8. The second-order valence-electron chi connectivity index (χ2n) is 9.54. The molecule has 1 aliphatic carbocycles. The zero-order chi connectivity index (χ0) is 22.4. The van der Waals surface area contributed by atoms with Crippen molar-refractivity contribution in [1.82, 2.24) is 20.1 Å². The summed E-state index contributed by atoms with van der Waals surface area (Å²) in [6, 6.07) is 0.237. The van der Waals surface area contributed by atoms with Gasteiger partial charge in [-0.1, -0.05) is 6.92 Å². The molecule has 0 spiro atoms. The van der Waals surface area contributed by atoms with Crippen molar-refractivity contribution in [2.75, 3.05) is 26.2 Å². The molecule has 0 radical (unpaired) electrons. The first-order valence-corrected chi connectivity index (χ1v) is 12.6. The number of aromatic nitrogens is 1. The van der Waals surface area contributed by atoms with Gasteiger partial charge in [0.15, 0.2) is 5.96 Å². The number of carbonyl (C=O) groups is 1. The molecule has 7 nitrogen and oxygen atoms in total. The van der Waals surface area contributed by atoms with Crippen molar-refractivity contribution < 1.29 is 9.53 Å². The number of nitrogens with zero attached hydrogens (tertiary/aromatic N) is 4. The summed E-state index contributed by atoms with van der Waals surface area (Å²) in [7, 11) is 0. The molecular formula is C23H39N5O2S. The van der Waals surface area contributed by atoms with E-state index in [4.69, 9.17) is 9.73 Å². The van der Waals surface area contributed by atoms with Crippen LogP contribution in [0, 0.1) is 5.92 Å². The quantitative estimate of drug-likeness (QED) is 0.497. The summed E-state index contributed by atoms with van der Waals surface area (Å²) in [6.07, 6.45) is 7.15. The van der Waals surface area contributed by atoms with Gasteiger partial charge in [0.25, 0.3) is 0 Å². The van der Waals surface area contributed by atoms with E-state index in [9.17, 15) is 4.79 Å². The maximum Gasteiger partial charge on any atom is 0.410 e. The summed E-state index contributed by atoms with van der Waals surface area (Å²) < 4.78 is 5.72. The van der Waals surface area contributed by atoms with Crippen LogP contribution < -0.4 is 5.32 Å². The number of thiazole rings is 1. The Hall–Kier alpha value is -1.83. The number of nitrogens with one attached hydrogen (secondary N) is 1. The topological polar surface area (TPSA) is 70.1 Å². The van der Waals surface area contributed by atoms with Gasteiger partial charge < -0.3 is 19.9 Å². The molecule has 0 aromatic carbocycles. The molecule has 1 aromatic rings. The Labute approximate surface area is 191 Å². The molecule has 0 unspecified atom stereocenters. The lowest BCUT2D eigenvalue weighted by atomic mass is 10.0. The molecule has 0 atom stereocenters. The van der Waals surface area contributed by atoms with E-state index >= 15 is 0 Å². The standard InChI is InChI=1S/C23H39N5O2S/c1-6-19-14-25-20(31-19)15-26-21(24-7-2)27-12-10-18(11-13-27)28(16-17-8-9-17)22(29)30-23(3,4)5/h14,17-18H,6-13,15-16H2,1-5H3,(H,24,26). The van der Waals surface area contributed by atoms with Crippen LogP contribution in [0.2, 0.25) is 0 Å². The van der Waals surface area contributed by atoms with Crippen molar-refractivity contribution in [2.24, 2.45) is 10.9 Å². The van der Waals surface area contributed by atoms with E-state index in [1.165, 1.54) is 17.7 Å². The summed E-state index contributed by atoms with van der Waals surface area (Å²) in [6.45, 7) is 14.1. The molecular weight excluding hydrogens is 410 g/mol. The molecule has 1 aliphatic heterocycles. The van der Waals surface area contributed by atoms with E-state index in [2.05, 4.69) is 29.0 Å². The number of aryl methyl sites for hydroxylation is 1. The second kappa shape index (κ2) is 10.7. The van der Waals surface area contributed by atoms with Crippen LogP contribution in [0.15, 0.2) is 11.2 Å². The minimum absolute atomic E-state index is 0.158. The molecule has 2 heterocycles. The smallest absolute Gasteiger partial charge is 0.410 e. The summed E-state index contributed by atoms with van der Waals surface area (Å²) in [5.74, 6) is 1.59. The van der Waals surface area contributed by atoms with Crippen LogP contribution in [0.1, 0.15) is 70.2 Å². The number of amides is 1. The van der Waals surface area contributed by atoms with Gasteiger partial charge in [0.1, 0.15) is 10.6 Å². The van der Waals surface area contributed by atoms with Gasteiger partial charge >= 0.3 is 6.09 Å². The molecule has 3 rings (SSSR count). The predicted octanol–water partition coefficient (Wildman–Crippen LogP) is 4.28. The number of hydrogen-bond acceptors (Lipinski definition) is 5. The zero-order valence-corrected chi connectivity index (χ0v) is 20.6. The number of aliphatic imine (C=N–C) groups is 1. The zero-order valence-electron chi connectivity index (χ0n) is 19.8. The Bertz CT molecular complexity index is 745. The highest BCUT2D eigenvalue weighted by atomic mass is 32.1. The largest absolute Gasteiger partial charge is 0.444 e. The average molecular weight is 450 g/mol. The van der Waals surface area contributed by atoms with Gasteiger partial charge in [0.05, 0.1) is 6.54 Å². The van der Waals surface area contributed by atoms with Gasteiger partial charge in [-0.05, 0) is 65.7 Å². The second-order valence-corrected chi connectivity index (χ2v) is 10.7. The maximum atomic E-state index is 12.9.